The number of fused-ring (bicyclic) bond motifs is 1. The standard InChI is InChI=1S/C33H38N2O3S/c1-24-13-14-31(28(18-24)22-35-16-6-5-7-17-35)38-23-25-10-8-11-26(19-25)30-21-29(33(2,3)39(4,36)37)20-27-12-9-15-34-32(27)30/h8-15,18-21H,5-7,16-17,22-23H2,1-4H3. The highest BCUT2D eigenvalue weighted by Gasteiger charge is 2.33. The van der Waals surface area contributed by atoms with E-state index in [1.807, 2.05) is 30.3 Å². The summed E-state index contributed by atoms with van der Waals surface area (Å²) >= 11 is 0. The number of nitrogens with zero attached hydrogens (tertiary/aromatic N) is 2. The minimum absolute atomic E-state index is 0.448. The van der Waals surface area contributed by atoms with Crippen LogP contribution in [-0.4, -0.2) is 37.6 Å². The fraction of sp³-hybridized carbons (Fsp3) is 0.364. The number of ether oxygens (including phenoxy) is 1. The van der Waals surface area contributed by atoms with E-state index >= 15 is 0 Å². The van der Waals surface area contributed by atoms with Crippen LogP contribution in [0.2, 0.25) is 0 Å². The third kappa shape index (κ3) is 6.02. The maximum Gasteiger partial charge on any atom is 0.156 e. The highest BCUT2D eigenvalue weighted by atomic mass is 32.2. The smallest absolute Gasteiger partial charge is 0.156 e. The fourth-order valence-electron chi connectivity index (χ4n) is 5.29. The maximum atomic E-state index is 12.7. The van der Waals surface area contributed by atoms with Crippen LogP contribution in [0.1, 0.15) is 55.4 Å². The number of piperidine rings is 1. The van der Waals surface area contributed by atoms with Gasteiger partial charge in [0.2, 0.25) is 0 Å². The first-order valence-electron chi connectivity index (χ1n) is 13.7. The zero-order valence-electron chi connectivity index (χ0n) is 23.4. The average molecular weight is 543 g/mol. The number of pyridine rings is 1. The molecule has 0 spiro atoms. The molecule has 1 saturated heterocycles. The van der Waals surface area contributed by atoms with E-state index in [1.165, 1.54) is 36.6 Å². The number of rotatable bonds is 8. The van der Waals surface area contributed by atoms with Crippen LogP contribution >= 0.6 is 0 Å². The van der Waals surface area contributed by atoms with Gasteiger partial charge < -0.3 is 4.74 Å². The summed E-state index contributed by atoms with van der Waals surface area (Å²) in [7, 11) is -3.33. The van der Waals surface area contributed by atoms with Crippen molar-refractivity contribution in [1.29, 1.82) is 0 Å². The normalized spacial score (nSPS) is 15.0. The monoisotopic (exact) mass is 542 g/mol. The van der Waals surface area contributed by atoms with Crippen molar-refractivity contribution in [3.05, 3.63) is 95.2 Å². The number of aryl methyl sites for hydroxylation is 1. The van der Waals surface area contributed by atoms with Gasteiger partial charge in [-0.05, 0) is 93.7 Å². The van der Waals surface area contributed by atoms with Gasteiger partial charge in [-0.1, -0.05) is 48.4 Å². The third-order valence-corrected chi connectivity index (χ3v) is 10.1. The number of likely N-dealkylation sites (tertiary alicyclic amines) is 1. The molecular formula is C33H38N2O3S. The van der Waals surface area contributed by atoms with Crippen LogP contribution in [0.3, 0.4) is 0 Å². The summed E-state index contributed by atoms with van der Waals surface area (Å²) in [5.74, 6) is 0.931. The first kappa shape index (κ1) is 27.4. The predicted octanol–water partition coefficient (Wildman–Crippen LogP) is 7.05. The molecule has 0 atom stereocenters. The molecular weight excluding hydrogens is 504 g/mol. The van der Waals surface area contributed by atoms with Crippen LogP contribution in [0.25, 0.3) is 22.0 Å². The summed E-state index contributed by atoms with van der Waals surface area (Å²) in [5, 5.41) is 0.922. The van der Waals surface area contributed by atoms with Gasteiger partial charge in [0.1, 0.15) is 12.4 Å². The molecule has 0 bridgehead atoms. The van der Waals surface area contributed by atoms with Crippen molar-refractivity contribution < 1.29 is 13.2 Å². The Morgan fingerprint density at radius 2 is 1.74 bits per heavy atom. The minimum Gasteiger partial charge on any atom is -0.489 e. The second kappa shape index (κ2) is 11.1. The molecule has 5 nitrogen and oxygen atoms in total. The lowest BCUT2D eigenvalue weighted by Gasteiger charge is -2.27. The Kier molecular flexibility index (Phi) is 7.79. The molecule has 0 saturated carbocycles. The average Bonchev–Trinajstić information content (AvgIpc) is 2.92. The molecule has 6 heteroatoms. The van der Waals surface area contributed by atoms with Gasteiger partial charge in [0.15, 0.2) is 9.84 Å². The molecule has 3 aromatic carbocycles. The van der Waals surface area contributed by atoms with Crippen LogP contribution in [0.4, 0.5) is 0 Å². The van der Waals surface area contributed by atoms with E-state index in [1.54, 1.807) is 20.0 Å². The Hall–Kier alpha value is -3.22. The van der Waals surface area contributed by atoms with E-state index in [0.29, 0.717) is 6.61 Å². The lowest BCUT2D eigenvalue weighted by atomic mass is 9.93. The SMILES string of the molecule is Cc1ccc(OCc2cccc(-c3cc(C(C)(C)S(C)(=O)=O)cc4cccnc34)c2)c(CN2CCCCC2)c1. The number of hydrogen-bond donors (Lipinski definition) is 0. The summed E-state index contributed by atoms with van der Waals surface area (Å²) < 4.78 is 30.7. The van der Waals surface area contributed by atoms with Gasteiger partial charge in [0, 0.05) is 35.5 Å². The Labute approximate surface area is 232 Å². The van der Waals surface area contributed by atoms with Gasteiger partial charge in [-0.3, -0.25) is 9.88 Å². The first-order valence-corrected chi connectivity index (χ1v) is 15.6. The van der Waals surface area contributed by atoms with Crippen LogP contribution in [-0.2, 0) is 27.7 Å². The Morgan fingerprint density at radius 1 is 0.949 bits per heavy atom. The lowest BCUT2D eigenvalue weighted by molar-refractivity contribution is 0.215. The fourth-order valence-corrected chi connectivity index (χ4v) is 5.84. The Bertz CT molecular complexity index is 1590. The van der Waals surface area contributed by atoms with E-state index < -0.39 is 14.6 Å². The minimum atomic E-state index is -3.33. The molecule has 5 rings (SSSR count). The summed E-state index contributed by atoms with van der Waals surface area (Å²) in [4.78, 5) is 7.18. The van der Waals surface area contributed by atoms with Crippen molar-refractivity contribution in [2.75, 3.05) is 19.3 Å². The molecule has 1 aliphatic rings. The first-order chi connectivity index (χ1) is 18.6. The topological polar surface area (TPSA) is 59.5 Å². The largest absolute Gasteiger partial charge is 0.489 e. The Morgan fingerprint density at radius 3 is 2.51 bits per heavy atom. The molecule has 39 heavy (non-hydrogen) atoms. The van der Waals surface area contributed by atoms with E-state index in [9.17, 15) is 8.42 Å². The number of aromatic nitrogens is 1. The van der Waals surface area contributed by atoms with Crippen LogP contribution < -0.4 is 4.74 Å². The van der Waals surface area contributed by atoms with Crippen molar-refractivity contribution in [2.24, 2.45) is 0 Å². The molecule has 204 valence electrons. The van der Waals surface area contributed by atoms with Gasteiger partial charge in [-0.15, -0.1) is 0 Å². The molecule has 2 heterocycles. The molecule has 1 aromatic heterocycles. The van der Waals surface area contributed by atoms with Crippen molar-refractivity contribution in [1.82, 2.24) is 9.88 Å². The molecule has 1 aliphatic heterocycles. The van der Waals surface area contributed by atoms with Gasteiger partial charge in [0.25, 0.3) is 0 Å². The van der Waals surface area contributed by atoms with Crippen molar-refractivity contribution >= 4 is 20.7 Å². The van der Waals surface area contributed by atoms with Crippen LogP contribution in [0.15, 0.2) is 72.9 Å². The van der Waals surface area contributed by atoms with Gasteiger partial charge in [-0.25, -0.2) is 8.42 Å². The van der Waals surface area contributed by atoms with Crippen LogP contribution in [0, 0.1) is 6.92 Å². The van der Waals surface area contributed by atoms with Crippen molar-refractivity contribution in [2.45, 2.75) is 57.9 Å². The number of benzene rings is 3. The number of sulfone groups is 1. The highest BCUT2D eigenvalue weighted by molar-refractivity contribution is 7.91. The molecule has 0 radical (unpaired) electrons. The van der Waals surface area contributed by atoms with E-state index in [2.05, 4.69) is 53.2 Å². The van der Waals surface area contributed by atoms with Gasteiger partial charge in [0.05, 0.1) is 10.3 Å². The second-order valence-electron chi connectivity index (χ2n) is 11.3. The maximum absolute atomic E-state index is 12.7. The molecule has 0 N–H and O–H groups in total. The van der Waals surface area contributed by atoms with Crippen molar-refractivity contribution in [3.8, 4) is 16.9 Å². The predicted molar refractivity (Wildman–Crippen MR) is 160 cm³/mol. The zero-order valence-corrected chi connectivity index (χ0v) is 24.2. The van der Waals surface area contributed by atoms with E-state index in [4.69, 9.17) is 4.74 Å². The summed E-state index contributed by atoms with van der Waals surface area (Å²) in [5.41, 5.74) is 7.04. The third-order valence-electron chi connectivity index (χ3n) is 8.02. The summed E-state index contributed by atoms with van der Waals surface area (Å²) in [6.07, 6.45) is 6.93. The van der Waals surface area contributed by atoms with Gasteiger partial charge in [-0.2, -0.15) is 0 Å². The van der Waals surface area contributed by atoms with E-state index in [-0.39, 0.29) is 0 Å². The quantitative estimate of drug-likeness (QED) is 0.239. The van der Waals surface area contributed by atoms with Crippen molar-refractivity contribution in [3.63, 3.8) is 0 Å². The molecule has 0 amide bonds. The highest BCUT2D eigenvalue weighted by Crippen LogP contribution is 2.36. The Balaban J connectivity index is 1.45. The molecule has 4 aromatic rings. The lowest BCUT2D eigenvalue weighted by Crippen LogP contribution is -2.29. The molecule has 0 unspecified atom stereocenters. The van der Waals surface area contributed by atoms with E-state index in [0.717, 1.165) is 58.5 Å². The zero-order chi connectivity index (χ0) is 27.6. The summed E-state index contributed by atoms with van der Waals surface area (Å²) in [6, 6.07) is 22.5. The second-order valence-corrected chi connectivity index (χ2v) is 13.9. The summed E-state index contributed by atoms with van der Waals surface area (Å²) in [6.45, 7) is 9.30. The molecule has 0 aliphatic carbocycles. The van der Waals surface area contributed by atoms with Crippen LogP contribution in [0.5, 0.6) is 5.75 Å². The van der Waals surface area contributed by atoms with Gasteiger partial charge >= 0.3 is 0 Å². The molecule has 1 fully saturated rings. The number of hydrogen-bond acceptors (Lipinski definition) is 5.